The van der Waals surface area contributed by atoms with E-state index in [0.717, 1.165) is 11.8 Å². The molecule has 0 saturated heterocycles. The molecule has 21 heavy (non-hydrogen) atoms. The first-order valence-corrected chi connectivity index (χ1v) is 8.44. The van der Waals surface area contributed by atoms with Crippen molar-refractivity contribution in [3.63, 3.8) is 0 Å². The molecule has 0 aliphatic heterocycles. The first-order valence-electron chi connectivity index (χ1n) is 8.44. The topological polar surface area (TPSA) is 12.0 Å². The van der Waals surface area contributed by atoms with E-state index >= 15 is 0 Å². The molecule has 1 saturated carbocycles. The van der Waals surface area contributed by atoms with Crippen LogP contribution >= 0.6 is 0 Å². The van der Waals surface area contributed by atoms with Gasteiger partial charge in [0.25, 0.3) is 0 Å². The van der Waals surface area contributed by atoms with Crippen molar-refractivity contribution in [1.29, 1.82) is 0 Å². The van der Waals surface area contributed by atoms with Crippen molar-refractivity contribution in [3.05, 3.63) is 48.0 Å². The van der Waals surface area contributed by atoms with Crippen molar-refractivity contribution >= 4 is 10.8 Å². The highest BCUT2D eigenvalue weighted by molar-refractivity contribution is 5.85. The molecular formula is C20H27N. The largest absolute Gasteiger partial charge is 0.314 e. The first kappa shape index (κ1) is 14.6. The first-order chi connectivity index (χ1) is 10.2. The normalized spacial score (nSPS) is 22.2. The fourth-order valence-corrected chi connectivity index (χ4v) is 3.79. The minimum atomic E-state index is 0.601. The maximum atomic E-state index is 3.64. The molecule has 1 fully saturated rings. The van der Waals surface area contributed by atoms with E-state index in [2.05, 4.69) is 61.6 Å². The molecule has 1 N–H and O–H groups in total. The summed E-state index contributed by atoms with van der Waals surface area (Å²) in [4.78, 5) is 0. The maximum Gasteiger partial charge on any atom is 0.00104 e. The Labute approximate surface area is 128 Å². The fraction of sp³-hybridized carbons (Fsp3) is 0.500. The fourth-order valence-electron chi connectivity index (χ4n) is 3.79. The highest BCUT2D eigenvalue weighted by Gasteiger charge is 2.27. The molecule has 1 heteroatoms. The Hall–Kier alpha value is -1.34. The van der Waals surface area contributed by atoms with Crippen LogP contribution in [0.4, 0.5) is 0 Å². The highest BCUT2D eigenvalue weighted by Crippen LogP contribution is 2.35. The van der Waals surface area contributed by atoms with Crippen molar-refractivity contribution in [2.45, 2.75) is 45.6 Å². The number of hydrogen-bond donors (Lipinski definition) is 1. The van der Waals surface area contributed by atoms with Crippen molar-refractivity contribution in [3.8, 4) is 0 Å². The molecule has 0 spiro atoms. The Balaban J connectivity index is 1.75. The van der Waals surface area contributed by atoms with E-state index in [0.29, 0.717) is 6.04 Å². The third-order valence-corrected chi connectivity index (χ3v) is 4.97. The van der Waals surface area contributed by atoms with Crippen molar-refractivity contribution in [2.24, 2.45) is 11.8 Å². The summed E-state index contributed by atoms with van der Waals surface area (Å²) in [6.45, 7) is 5.68. The quantitative estimate of drug-likeness (QED) is 0.830. The third-order valence-electron chi connectivity index (χ3n) is 4.97. The molecule has 1 aliphatic rings. The second kappa shape index (κ2) is 6.62. The summed E-state index contributed by atoms with van der Waals surface area (Å²) in [7, 11) is 0. The molecule has 0 aromatic heterocycles. The predicted molar refractivity (Wildman–Crippen MR) is 91.6 cm³/mol. The van der Waals surface area contributed by atoms with Crippen LogP contribution in [0.25, 0.3) is 10.8 Å². The van der Waals surface area contributed by atoms with E-state index in [1.807, 2.05) is 0 Å². The molecule has 2 aromatic carbocycles. The Morgan fingerprint density at radius 2 is 1.76 bits per heavy atom. The van der Waals surface area contributed by atoms with E-state index in [9.17, 15) is 0 Å². The standard InChI is InChI=1S/C20H27N/c1-15(2)21-14-19-11-6-9-17(19)13-18-10-5-8-16-7-3-4-12-20(16)18/h3-5,7-8,10,12,15,17,19,21H,6,9,11,13-14H2,1-2H3. The Kier molecular flexibility index (Phi) is 4.60. The zero-order valence-electron chi connectivity index (χ0n) is 13.3. The predicted octanol–water partition coefficient (Wildman–Crippen LogP) is 4.80. The van der Waals surface area contributed by atoms with Gasteiger partial charge in [0.2, 0.25) is 0 Å². The lowest BCUT2D eigenvalue weighted by molar-refractivity contribution is 0.354. The van der Waals surface area contributed by atoms with Gasteiger partial charge in [0.05, 0.1) is 0 Å². The van der Waals surface area contributed by atoms with E-state index in [1.165, 1.54) is 48.6 Å². The molecule has 112 valence electrons. The molecule has 1 aliphatic carbocycles. The lowest BCUT2D eigenvalue weighted by Crippen LogP contribution is -2.31. The van der Waals surface area contributed by atoms with Crippen LogP contribution < -0.4 is 5.32 Å². The number of benzene rings is 2. The van der Waals surface area contributed by atoms with Gasteiger partial charge in [-0.2, -0.15) is 0 Å². The molecule has 0 heterocycles. The second-order valence-electron chi connectivity index (χ2n) is 6.86. The molecule has 2 aromatic rings. The van der Waals surface area contributed by atoms with Gasteiger partial charge in [-0.25, -0.2) is 0 Å². The monoisotopic (exact) mass is 281 g/mol. The van der Waals surface area contributed by atoms with Gasteiger partial charge in [-0.1, -0.05) is 62.7 Å². The molecule has 2 unspecified atom stereocenters. The minimum absolute atomic E-state index is 0.601. The maximum absolute atomic E-state index is 3.64. The van der Waals surface area contributed by atoms with Crippen LogP contribution in [0.1, 0.15) is 38.7 Å². The Morgan fingerprint density at radius 1 is 1.00 bits per heavy atom. The average molecular weight is 281 g/mol. The van der Waals surface area contributed by atoms with Gasteiger partial charge in [0.15, 0.2) is 0 Å². The molecule has 0 amide bonds. The smallest absolute Gasteiger partial charge is 0.00104 e. The summed E-state index contributed by atoms with van der Waals surface area (Å²) >= 11 is 0. The molecule has 0 bridgehead atoms. The summed E-state index contributed by atoms with van der Waals surface area (Å²) in [6.07, 6.45) is 5.44. The SMILES string of the molecule is CC(C)NCC1CCCC1Cc1cccc2ccccc12. The zero-order chi connectivity index (χ0) is 14.7. The van der Waals surface area contributed by atoms with Gasteiger partial charge in [0, 0.05) is 6.04 Å². The number of nitrogens with one attached hydrogen (secondary N) is 1. The summed E-state index contributed by atoms with van der Waals surface area (Å²) in [6, 6.07) is 16.2. The lowest BCUT2D eigenvalue weighted by Gasteiger charge is -2.22. The van der Waals surface area contributed by atoms with Crippen LogP contribution in [0.3, 0.4) is 0 Å². The van der Waals surface area contributed by atoms with E-state index < -0.39 is 0 Å². The van der Waals surface area contributed by atoms with Gasteiger partial charge in [0.1, 0.15) is 0 Å². The van der Waals surface area contributed by atoms with Crippen LogP contribution in [-0.4, -0.2) is 12.6 Å². The van der Waals surface area contributed by atoms with E-state index in [1.54, 1.807) is 0 Å². The van der Waals surface area contributed by atoms with Crippen molar-refractivity contribution in [1.82, 2.24) is 5.32 Å². The van der Waals surface area contributed by atoms with Crippen LogP contribution in [0, 0.1) is 11.8 Å². The van der Waals surface area contributed by atoms with Crippen molar-refractivity contribution in [2.75, 3.05) is 6.54 Å². The van der Waals surface area contributed by atoms with Gasteiger partial charge in [-0.15, -0.1) is 0 Å². The Morgan fingerprint density at radius 3 is 2.62 bits per heavy atom. The van der Waals surface area contributed by atoms with Crippen LogP contribution in [0.2, 0.25) is 0 Å². The van der Waals surface area contributed by atoms with E-state index in [-0.39, 0.29) is 0 Å². The summed E-state index contributed by atoms with van der Waals surface area (Å²) in [5, 5.41) is 6.47. The van der Waals surface area contributed by atoms with E-state index in [4.69, 9.17) is 0 Å². The number of fused-ring (bicyclic) bond motifs is 1. The number of rotatable bonds is 5. The van der Waals surface area contributed by atoms with Crippen molar-refractivity contribution < 1.29 is 0 Å². The van der Waals surface area contributed by atoms with Crippen LogP contribution in [0.15, 0.2) is 42.5 Å². The summed E-state index contributed by atoms with van der Waals surface area (Å²) in [5.74, 6) is 1.70. The molecular weight excluding hydrogens is 254 g/mol. The van der Waals surface area contributed by atoms with Crippen LogP contribution in [0.5, 0.6) is 0 Å². The van der Waals surface area contributed by atoms with Gasteiger partial charge in [-0.3, -0.25) is 0 Å². The third kappa shape index (κ3) is 3.47. The second-order valence-corrected chi connectivity index (χ2v) is 6.86. The van der Waals surface area contributed by atoms with Crippen LogP contribution in [-0.2, 0) is 6.42 Å². The molecule has 3 rings (SSSR count). The summed E-state index contributed by atoms with van der Waals surface area (Å²) < 4.78 is 0. The number of hydrogen-bond acceptors (Lipinski definition) is 1. The summed E-state index contributed by atoms with van der Waals surface area (Å²) in [5.41, 5.74) is 1.54. The lowest BCUT2D eigenvalue weighted by atomic mass is 9.87. The van der Waals surface area contributed by atoms with Gasteiger partial charge < -0.3 is 5.32 Å². The zero-order valence-corrected chi connectivity index (χ0v) is 13.3. The van der Waals surface area contributed by atoms with Gasteiger partial charge >= 0.3 is 0 Å². The molecule has 0 radical (unpaired) electrons. The molecule has 2 atom stereocenters. The average Bonchev–Trinajstić information content (AvgIpc) is 2.93. The Bertz CT molecular complexity index is 582. The minimum Gasteiger partial charge on any atom is -0.314 e. The van der Waals surface area contributed by atoms with Gasteiger partial charge in [-0.05, 0) is 54.0 Å². The molecule has 1 nitrogen and oxygen atoms in total. The highest BCUT2D eigenvalue weighted by atomic mass is 14.9.